The Kier molecular flexibility index (Phi) is 2.75. The zero-order chi connectivity index (χ0) is 14.4. The predicted molar refractivity (Wildman–Crippen MR) is 78.9 cm³/mol. The fourth-order valence-corrected chi connectivity index (χ4v) is 3.05. The number of Topliss-reactive ketones (excluding diaryl/α,β-unsaturated/α-hetero) is 1. The molecule has 0 fully saturated rings. The number of carbonyl (C=O) groups is 1. The van der Waals surface area contributed by atoms with Crippen LogP contribution in [0.3, 0.4) is 0 Å². The molecule has 1 radical (unpaired) electrons. The average molecular weight is 263 g/mol. The van der Waals surface area contributed by atoms with Crippen LogP contribution in [0.5, 0.6) is 0 Å². The SMILES string of the molecule is Cc1cc(C)c(C2=C([O])c3ccccc3C2=O)c(C)c1. The number of allylic oxidation sites excluding steroid dienone is 1. The number of hydrogen-bond acceptors (Lipinski definition) is 1. The zero-order valence-corrected chi connectivity index (χ0v) is 11.8. The minimum absolute atomic E-state index is 0.152. The Morgan fingerprint density at radius 1 is 0.850 bits per heavy atom. The van der Waals surface area contributed by atoms with Gasteiger partial charge in [0.2, 0.25) is 0 Å². The van der Waals surface area contributed by atoms with Crippen molar-refractivity contribution in [2.75, 3.05) is 0 Å². The Bertz CT molecular complexity index is 744. The molecule has 0 amide bonds. The maximum atomic E-state index is 12.5. The van der Waals surface area contributed by atoms with Gasteiger partial charge >= 0.3 is 0 Å². The van der Waals surface area contributed by atoms with E-state index in [9.17, 15) is 9.90 Å². The van der Waals surface area contributed by atoms with E-state index in [0.29, 0.717) is 16.7 Å². The van der Waals surface area contributed by atoms with Gasteiger partial charge < -0.3 is 0 Å². The summed E-state index contributed by atoms with van der Waals surface area (Å²) in [5.41, 5.74) is 5.25. The van der Waals surface area contributed by atoms with Gasteiger partial charge in [0.15, 0.2) is 11.5 Å². The number of carbonyl (C=O) groups excluding carboxylic acids is 1. The highest BCUT2D eigenvalue weighted by Crippen LogP contribution is 2.39. The molecular formula is C18H15O2. The van der Waals surface area contributed by atoms with Gasteiger partial charge in [0.05, 0.1) is 5.57 Å². The van der Waals surface area contributed by atoms with Gasteiger partial charge in [-0.2, -0.15) is 0 Å². The van der Waals surface area contributed by atoms with Crippen LogP contribution in [-0.4, -0.2) is 5.78 Å². The van der Waals surface area contributed by atoms with Gasteiger partial charge in [-0.1, -0.05) is 42.0 Å². The standard InChI is InChI=1S/C18H15O2/c1-10-8-11(2)15(12(3)9-10)16-17(19)13-6-4-5-7-14(13)18(16)20/h4-9H,1-3H3. The Hall–Kier alpha value is -2.35. The highest BCUT2D eigenvalue weighted by molar-refractivity contribution is 6.39. The second-order valence-electron chi connectivity index (χ2n) is 5.35. The third-order valence-electron chi connectivity index (χ3n) is 3.80. The fourth-order valence-electron chi connectivity index (χ4n) is 3.05. The van der Waals surface area contributed by atoms with Crippen molar-refractivity contribution in [1.82, 2.24) is 0 Å². The van der Waals surface area contributed by atoms with E-state index in [1.54, 1.807) is 24.3 Å². The zero-order valence-electron chi connectivity index (χ0n) is 11.8. The van der Waals surface area contributed by atoms with Gasteiger partial charge in [0.25, 0.3) is 0 Å². The van der Waals surface area contributed by atoms with E-state index in [1.807, 2.05) is 32.9 Å². The summed E-state index contributed by atoms with van der Waals surface area (Å²) in [7, 11) is 0. The topological polar surface area (TPSA) is 37.0 Å². The van der Waals surface area contributed by atoms with Crippen LogP contribution in [-0.2, 0) is 5.11 Å². The van der Waals surface area contributed by atoms with Gasteiger partial charge in [0.1, 0.15) is 0 Å². The molecule has 2 nitrogen and oxygen atoms in total. The minimum atomic E-state index is -0.152. The van der Waals surface area contributed by atoms with E-state index >= 15 is 0 Å². The lowest BCUT2D eigenvalue weighted by Crippen LogP contribution is -2.02. The molecule has 20 heavy (non-hydrogen) atoms. The Morgan fingerprint density at radius 2 is 1.40 bits per heavy atom. The van der Waals surface area contributed by atoms with E-state index < -0.39 is 0 Å². The molecule has 0 bridgehead atoms. The van der Waals surface area contributed by atoms with Gasteiger partial charge in [-0.05, 0) is 37.5 Å². The number of ketones is 1. The van der Waals surface area contributed by atoms with E-state index in [2.05, 4.69) is 0 Å². The Balaban J connectivity index is 2.28. The van der Waals surface area contributed by atoms with E-state index in [0.717, 1.165) is 22.3 Å². The van der Waals surface area contributed by atoms with E-state index in [4.69, 9.17) is 0 Å². The van der Waals surface area contributed by atoms with Gasteiger partial charge in [-0.15, -0.1) is 0 Å². The van der Waals surface area contributed by atoms with E-state index in [-0.39, 0.29) is 11.5 Å². The van der Waals surface area contributed by atoms with Crippen molar-refractivity contribution in [3.63, 3.8) is 0 Å². The molecule has 0 N–H and O–H groups in total. The summed E-state index contributed by atoms with van der Waals surface area (Å²) in [4.78, 5) is 12.5. The maximum absolute atomic E-state index is 12.5. The molecule has 0 spiro atoms. The first-order valence-corrected chi connectivity index (χ1v) is 6.64. The summed E-state index contributed by atoms with van der Waals surface area (Å²) in [6.07, 6.45) is 0. The van der Waals surface area contributed by atoms with Crippen molar-refractivity contribution in [2.24, 2.45) is 0 Å². The quantitative estimate of drug-likeness (QED) is 0.763. The summed E-state index contributed by atoms with van der Waals surface area (Å²) < 4.78 is 0. The highest BCUT2D eigenvalue weighted by Gasteiger charge is 2.33. The number of benzene rings is 2. The predicted octanol–water partition coefficient (Wildman–Crippen LogP) is 4.11. The normalized spacial score (nSPS) is 13.8. The third kappa shape index (κ3) is 1.68. The van der Waals surface area contributed by atoms with Crippen LogP contribution >= 0.6 is 0 Å². The lowest BCUT2D eigenvalue weighted by Gasteiger charge is -2.11. The summed E-state index contributed by atoms with van der Waals surface area (Å²) in [5, 5.41) is 12.5. The number of hydrogen-bond donors (Lipinski definition) is 0. The molecule has 0 aliphatic heterocycles. The molecule has 1 aliphatic rings. The molecule has 1 aliphatic carbocycles. The molecule has 2 heteroatoms. The minimum Gasteiger partial charge on any atom is -0.288 e. The largest absolute Gasteiger partial charge is 0.288 e. The van der Waals surface area contributed by atoms with Crippen LogP contribution in [0.2, 0.25) is 0 Å². The summed E-state index contributed by atoms with van der Waals surface area (Å²) >= 11 is 0. The molecule has 0 saturated carbocycles. The van der Waals surface area contributed by atoms with Crippen LogP contribution < -0.4 is 0 Å². The Morgan fingerprint density at radius 3 is 1.95 bits per heavy atom. The van der Waals surface area contributed by atoms with Gasteiger partial charge in [-0.3, -0.25) is 9.90 Å². The number of fused-ring (bicyclic) bond motifs is 1. The lowest BCUT2D eigenvalue weighted by atomic mass is 9.92. The molecule has 0 heterocycles. The second kappa shape index (κ2) is 4.34. The maximum Gasteiger partial charge on any atom is 0.198 e. The molecule has 0 saturated heterocycles. The molecule has 3 rings (SSSR count). The molecule has 0 unspecified atom stereocenters. The van der Waals surface area contributed by atoms with Crippen LogP contribution in [0, 0.1) is 20.8 Å². The molecule has 0 atom stereocenters. The first-order chi connectivity index (χ1) is 9.50. The highest BCUT2D eigenvalue weighted by atomic mass is 16.3. The molecule has 2 aromatic rings. The van der Waals surface area contributed by atoms with Crippen molar-refractivity contribution in [2.45, 2.75) is 20.8 Å². The van der Waals surface area contributed by atoms with Crippen molar-refractivity contribution in [3.8, 4) is 0 Å². The van der Waals surface area contributed by atoms with Crippen LogP contribution in [0.1, 0.15) is 38.2 Å². The molecule has 2 aromatic carbocycles. The summed E-state index contributed by atoms with van der Waals surface area (Å²) in [6.45, 7) is 5.92. The van der Waals surface area contributed by atoms with Gasteiger partial charge in [-0.25, -0.2) is 0 Å². The summed E-state index contributed by atoms with van der Waals surface area (Å²) in [5.74, 6) is -0.304. The van der Waals surface area contributed by atoms with Crippen LogP contribution in [0.15, 0.2) is 36.4 Å². The van der Waals surface area contributed by atoms with Gasteiger partial charge in [0, 0.05) is 11.1 Å². The molecular weight excluding hydrogens is 248 g/mol. The van der Waals surface area contributed by atoms with E-state index in [1.165, 1.54) is 0 Å². The molecule has 99 valence electrons. The lowest BCUT2D eigenvalue weighted by molar-refractivity contribution is 0.105. The average Bonchev–Trinajstić information content (AvgIpc) is 2.64. The Labute approximate surface area is 118 Å². The second-order valence-corrected chi connectivity index (χ2v) is 5.35. The first-order valence-electron chi connectivity index (χ1n) is 6.64. The summed E-state index contributed by atoms with van der Waals surface area (Å²) in [6, 6.07) is 11.1. The number of rotatable bonds is 1. The number of aryl methyl sites for hydroxylation is 3. The van der Waals surface area contributed by atoms with Crippen molar-refractivity contribution in [1.29, 1.82) is 0 Å². The smallest absolute Gasteiger partial charge is 0.198 e. The van der Waals surface area contributed by atoms with Crippen molar-refractivity contribution >= 4 is 17.1 Å². The monoisotopic (exact) mass is 263 g/mol. The third-order valence-corrected chi connectivity index (χ3v) is 3.80. The van der Waals surface area contributed by atoms with Crippen molar-refractivity contribution in [3.05, 3.63) is 69.8 Å². The fraction of sp³-hybridized carbons (Fsp3) is 0.167. The van der Waals surface area contributed by atoms with Crippen molar-refractivity contribution < 1.29 is 9.90 Å². The van der Waals surface area contributed by atoms with Crippen LogP contribution in [0.25, 0.3) is 11.3 Å². The first kappa shape index (κ1) is 12.7. The van der Waals surface area contributed by atoms with Crippen LogP contribution in [0.4, 0.5) is 0 Å². The molecule has 0 aromatic heterocycles.